The minimum Gasteiger partial charge on any atom is -0.487 e. The predicted molar refractivity (Wildman–Crippen MR) is 196 cm³/mol. The maximum absolute atomic E-state index is 14.8. The van der Waals surface area contributed by atoms with E-state index in [0.29, 0.717) is 64.9 Å². The number of carbonyl (C=O) groups is 2. The van der Waals surface area contributed by atoms with Gasteiger partial charge in [0.2, 0.25) is 11.8 Å². The first-order chi connectivity index (χ1) is 24.1. The van der Waals surface area contributed by atoms with Crippen LogP contribution in [0.3, 0.4) is 0 Å². The zero-order valence-corrected chi connectivity index (χ0v) is 30.9. The van der Waals surface area contributed by atoms with Gasteiger partial charge in [-0.3, -0.25) is 9.59 Å². The number of hydrogen-bond donors (Lipinski definition) is 1. The first kappa shape index (κ1) is 36.5. The number of hydrogen-bond acceptors (Lipinski definition) is 7. The van der Waals surface area contributed by atoms with Crippen LogP contribution in [0.2, 0.25) is 15.1 Å². The number of ether oxygens (including phenoxy) is 3. The number of nitrogens with zero attached hydrogens (tertiary/aromatic N) is 3. The van der Waals surface area contributed by atoms with Crippen LogP contribution in [0.5, 0.6) is 11.6 Å². The minimum atomic E-state index is -0.306. The fourth-order valence-corrected chi connectivity index (χ4v) is 7.68. The van der Waals surface area contributed by atoms with Gasteiger partial charge in [-0.05, 0) is 91.1 Å². The van der Waals surface area contributed by atoms with Gasteiger partial charge >= 0.3 is 0 Å². The van der Waals surface area contributed by atoms with Crippen LogP contribution in [-0.4, -0.2) is 84.7 Å². The monoisotopic (exact) mass is 740 g/mol. The molecule has 0 unspecified atom stereocenters. The average Bonchev–Trinajstić information content (AvgIpc) is 3.93. The van der Waals surface area contributed by atoms with Crippen molar-refractivity contribution in [1.29, 1.82) is 0 Å². The molecule has 3 aromatic rings. The molecule has 3 aliphatic rings. The van der Waals surface area contributed by atoms with E-state index < -0.39 is 0 Å². The molecule has 1 saturated heterocycles. The summed E-state index contributed by atoms with van der Waals surface area (Å²) in [5.74, 6) is 0.832. The molecule has 266 valence electrons. The lowest BCUT2D eigenvalue weighted by molar-refractivity contribution is -0.132. The van der Waals surface area contributed by atoms with Crippen LogP contribution in [0.4, 0.5) is 0 Å². The molecule has 2 fully saturated rings. The zero-order chi connectivity index (χ0) is 35.4. The van der Waals surface area contributed by atoms with E-state index in [1.54, 1.807) is 32.4 Å². The Morgan fingerprint density at radius 3 is 2.42 bits per heavy atom. The highest BCUT2D eigenvalue weighted by Gasteiger charge is 2.43. The summed E-state index contributed by atoms with van der Waals surface area (Å²) in [5, 5.41) is 5.19. The molecule has 1 saturated carbocycles. The lowest BCUT2D eigenvalue weighted by Crippen LogP contribution is -2.61. The van der Waals surface area contributed by atoms with Crippen molar-refractivity contribution in [1.82, 2.24) is 20.1 Å². The molecule has 1 N–H and O–H groups in total. The van der Waals surface area contributed by atoms with Crippen molar-refractivity contribution in [2.75, 3.05) is 40.0 Å². The summed E-state index contributed by atoms with van der Waals surface area (Å²) in [7, 11) is 1.70. The quantitative estimate of drug-likeness (QED) is 0.179. The van der Waals surface area contributed by atoms with Crippen molar-refractivity contribution >= 4 is 52.2 Å². The van der Waals surface area contributed by atoms with Crippen molar-refractivity contribution in [2.24, 2.45) is 0 Å². The summed E-state index contributed by atoms with van der Waals surface area (Å²) >= 11 is 19.3. The van der Waals surface area contributed by atoms with Crippen LogP contribution in [0.25, 0.3) is 5.57 Å². The van der Waals surface area contributed by atoms with Gasteiger partial charge in [-0.15, -0.1) is 0 Å². The van der Waals surface area contributed by atoms with E-state index in [0.717, 1.165) is 47.9 Å². The second-order valence-corrected chi connectivity index (χ2v) is 14.5. The standard InChI is InChI=1S/C38H43Cl3N4O5/c1-23-15-32(40)37(33(41)16-23)50-14-13-49-35-11-7-26(19-42-35)30-18-28-21-44(24(2)46)22-34(43-28)36(30)38(47)45(29-8-9-29)20-27-17-25(5-4-12-48-3)6-10-31(27)39/h6-7,10-11,15-17,19,28-29,34,43H,4-5,8-9,12-14,18,20-22H2,1-3H3/t28-,34+/m1/s1. The second-order valence-electron chi connectivity index (χ2n) is 13.3. The van der Waals surface area contributed by atoms with E-state index in [-0.39, 0.29) is 43.2 Å². The number of piperazine rings is 1. The third-order valence-corrected chi connectivity index (χ3v) is 10.3. The van der Waals surface area contributed by atoms with Crippen LogP contribution >= 0.6 is 34.8 Å². The Hall–Kier alpha value is -3.34. The number of benzene rings is 2. The SMILES string of the molecule is COCCCc1ccc(Cl)c(CN(C(=O)C2=C(c3ccc(OCCOc4c(Cl)cc(C)cc4Cl)nc3)C[C@@H]3CN(C(C)=O)C[C@@H]2N3)C2CC2)c1. The highest BCUT2D eigenvalue weighted by molar-refractivity contribution is 6.37. The summed E-state index contributed by atoms with van der Waals surface area (Å²) in [4.78, 5) is 35.7. The lowest BCUT2D eigenvalue weighted by atomic mass is 9.83. The minimum absolute atomic E-state index is 0.00642. The number of methoxy groups -OCH3 is 1. The molecule has 3 heterocycles. The first-order valence-corrected chi connectivity index (χ1v) is 18.2. The molecular weight excluding hydrogens is 699 g/mol. The smallest absolute Gasteiger partial charge is 0.252 e. The predicted octanol–water partition coefficient (Wildman–Crippen LogP) is 6.92. The Kier molecular flexibility index (Phi) is 11.9. The molecule has 9 nitrogen and oxygen atoms in total. The van der Waals surface area contributed by atoms with E-state index >= 15 is 0 Å². The fraction of sp³-hybridized carbons (Fsp3) is 0.447. The Balaban J connectivity index is 1.23. The van der Waals surface area contributed by atoms with Gasteiger partial charge in [0, 0.05) is 75.2 Å². The topological polar surface area (TPSA) is 93.2 Å². The van der Waals surface area contributed by atoms with Crippen molar-refractivity contribution in [3.05, 3.63) is 91.6 Å². The van der Waals surface area contributed by atoms with Gasteiger partial charge in [0.1, 0.15) is 13.2 Å². The van der Waals surface area contributed by atoms with Crippen molar-refractivity contribution in [3.8, 4) is 11.6 Å². The Bertz CT molecular complexity index is 1720. The van der Waals surface area contributed by atoms with E-state index in [1.807, 2.05) is 41.0 Å². The van der Waals surface area contributed by atoms with Gasteiger partial charge in [0.15, 0.2) is 5.75 Å². The maximum Gasteiger partial charge on any atom is 0.252 e. The molecule has 0 spiro atoms. The lowest BCUT2D eigenvalue weighted by Gasteiger charge is -2.44. The van der Waals surface area contributed by atoms with Crippen LogP contribution in [0.15, 0.2) is 54.2 Å². The maximum atomic E-state index is 14.8. The normalized spacial score (nSPS) is 18.6. The fourth-order valence-electron chi connectivity index (χ4n) is 6.80. The van der Waals surface area contributed by atoms with E-state index in [9.17, 15) is 9.59 Å². The number of fused-ring (bicyclic) bond motifs is 2. The molecule has 0 radical (unpaired) electrons. The number of aromatic nitrogens is 1. The van der Waals surface area contributed by atoms with Gasteiger partial charge in [-0.2, -0.15) is 0 Å². The third kappa shape index (κ3) is 8.75. The average molecular weight is 742 g/mol. The Morgan fingerprint density at radius 1 is 0.980 bits per heavy atom. The van der Waals surface area contributed by atoms with Crippen molar-refractivity contribution in [2.45, 2.75) is 70.6 Å². The molecule has 2 atom stereocenters. The van der Waals surface area contributed by atoms with E-state index in [4.69, 9.17) is 49.0 Å². The van der Waals surface area contributed by atoms with Crippen LogP contribution in [-0.2, 0) is 27.3 Å². The van der Waals surface area contributed by atoms with Crippen molar-refractivity contribution < 1.29 is 23.8 Å². The zero-order valence-electron chi connectivity index (χ0n) is 28.6. The Morgan fingerprint density at radius 2 is 1.74 bits per heavy atom. The number of halogens is 3. The molecule has 2 aliphatic heterocycles. The number of carbonyl (C=O) groups excluding carboxylic acids is 2. The van der Waals surface area contributed by atoms with Gasteiger partial charge in [-0.25, -0.2) is 4.98 Å². The largest absolute Gasteiger partial charge is 0.487 e. The summed E-state index contributed by atoms with van der Waals surface area (Å²) in [6, 6.07) is 13.3. The summed E-state index contributed by atoms with van der Waals surface area (Å²) in [5.41, 5.74) is 5.53. The number of nitrogens with one attached hydrogen (secondary N) is 1. The number of aryl methyl sites for hydroxylation is 2. The number of rotatable bonds is 14. The first-order valence-electron chi connectivity index (χ1n) is 17.1. The molecule has 2 bridgehead atoms. The van der Waals surface area contributed by atoms with Crippen molar-refractivity contribution in [3.63, 3.8) is 0 Å². The molecule has 50 heavy (non-hydrogen) atoms. The van der Waals surface area contributed by atoms with Crippen LogP contribution in [0.1, 0.15) is 54.9 Å². The highest BCUT2D eigenvalue weighted by atomic mass is 35.5. The number of pyridine rings is 1. The van der Waals surface area contributed by atoms with Gasteiger partial charge in [0.05, 0.1) is 16.1 Å². The molecule has 1 aliphatic carbocycles. The third-order valence-electron chi connectivity index (χ3n) is 9.40. The van der Waals surface area contributed by atoms with E-state index in [2.05, 4.69) is 16.4 Å². The van der Waals surface area contributed by atoms with Gasteiger partial charge < -0.3 is 29.3 Å². The van der Waals surface area contributed by atoms with Gasteiger partial charge in [-0.1, -0.05) is 46.9 Å². The summed E-state index contributed by atoms with van der Waals surface area (Å²) < 4.78 is 16.9. The molecule has 1 aromatic heterocycles. The molecule has 6 rings (SSSR count). The van der Waals surface area contributed by atoms with Crippen LogP contribution < -0.4 is 14.8 Å². The van der Waals surface area contributed by atoms with Crippen LogP contribution in [0, 0.1) is 6.92 Å². The summed E-state index contributed by atoms with van der Waals surface area (Å²) in [6.45, 7) is 6.07. The Labute approximate surface area is 308 Å². The molecule has 12 heteroatoms. The molecule has 2 amide bonds. The summed E-state index contributed by atoms with van der Waals surface area (Å²) in [6.07, 6.45) is 6.01. The molecule has 2 aromatic carbocycles. The van der Waals surface area contributed by atoms with Gasteiger partial charge in [0.25, 0.3) is 5.91 Å². The number of amides is 2. The second kappa shape index (κ2) is 16.3. The van der Waals surface area contributed by atoms with E-state index in [1.165, 1.54) is 5.56 Å². The molecular formula is C38H43Cl3N4O5. The highest BCUT2D eigenvalue weighted by Crippen LogP contribution is 2.38.